The fraction of sp³-hybridized carbons (Fsp3) is 0.346. The van der Waals surface area contributed by atoms with Crippen molar-refractivity contribution in [3.63, 3.8) is 0 Å². The van der Waals surface area contributed by atoms with Gasteiger partial charge in [-0.2, -0.15) is 0 Å². The first-order valence-electron chi connectivity index (χ1n) is 32.3. The molecule has 1 aliphatic rings. The van der Waals surface area contributed by atoms with Gasteiger partial charge in [0.1, 0.15) is 0 Å². The molecule has 89 heavy (non-hydrogen) atoms. The first kappa shape index (κ1) is 65.6. The summed E-state index contributed by atoms with van der Waals surface area (Å²) in [5.74, 6) is 6.07. The topological polar surface area (TPSA) is 104 Å². The predicted octanol–water partition coefficient (Wildman–Crippen LogP) is 17.2. The first-order chi connectivity index (χ1) is 41.9. The largest absolute Gasteiger partial charge is 0.478 e. The van der Waals surface area contributed by atoms with Crippen LogP contribution in [0.5, 0.6) is 0 Å². The number of anilines is 2. The van der Waals surface area contributed by atoms with Gasteiger partial charge in [-0.1, -0.05) is 208 Å². The van der Waals surface area contributed by atoms with E-state index in [1.54, 1.807) is 24.3 Å². The van der Waals surface area contributed by atoms with Gasteiger partial charge < -0.3 is 29.9 Å². The van der Waals surface area contributed by atoms with Crippen molar-refractivity contribution < 1.29 is 29.4 Å². The summed E-state index contributed by atoms with van der Waals surface area (Å²) >= 11 is 0. The SMILES string of the molecule is CCCCCCc1ccc(N(/C2=c3\cc/c([nH]3)=C(\c3cc(C(C)(C)C)cc(C(C)(C)C)c3)c3ccc([nH]3)/C(C#Cc3ccc(C(=O)O)cc3)=c3/cc/c([nH]3)=C(\c3cc(C(C)(C)C)cc(C(C)(C)C)c3)c3ccc2[nH]3)c2ccc(CCCCCC)cc2)cc1.[Zn]. The standard InChI is InChI=1S/C81H93N5O2.Zn/c1-15-17-19-21-23-53-27-34-63(35-28-53)86(64-36-29-54(30-37-64)24-22-20-18-16-2)76-72-45-43-70(84-72)74(57-47-59(78(3,4)5)51-60(48-57)79(6,7)8)68-41-39-66(82-68)65(38-31-55-25-32-56(33-26-55)77(87)88)67-40-42-69(83-67)75(71-44-46-73(76)85-71)58-49-61(80(9,10)11)52-62(50-58)81(12,13)14;/h25-30,32-37,39-52,82-85H,15-24H2,1-14H3,(H,87,88);/b66-65-,67-65?,74-68-,74-70?,75-69?,75-71-,76-72?,76-73+;. The van der Waals surface area contributed by atoms with E-state index in [0.29, 0.717) is 5.56 Å². The van der Waals surface area contributed by atoms with E-state index in [0.717, 1.165) is 102 Å². The van der Waals surface area contributed by atoms with Crippen LogP contribution < -0.4 is 26.3 Å². The van der Waals surface area contributed by atoms with Gasteiger partial charge in [0.05, 0.1) is 38.9 Å². The van der Waals surface area contributed by atoms with Gasteiger partial charge in [0.25, 0.3) is 0 Å². The number of unbranched alkanes of at least 4 members (excludes halogenated alkanes) is 6. The van der Waals surface area contributed by atoms with Crippen molar-refractivity contribution in [2.24, 2.45) is 0 Å². The number of benzene rings is 5. The van der Waals surface area contributed by atoms with Crippen molar-refractivity contribution in [2.75, 3.05) is 4.90 Å². The van der Waals surface area contributed by atoms with Gasteiger partial charge >= 0.3 is 5.97 Å². The molecule has 0 aliphatic carbocycles. The number of hydrogen-bond acceptors (Lipinski definition) is 2. The number of carbonyl (C=O) groups is 1. The third kappa shape index (κ3) is 15.3. The average molecular weight is 1230 g/mol. The fourth-order valence-electron chi connectivity index (χ4n) is 12.0. The van der Waals surface area contributed by atoms with E-state index < -0.39 is 5.97 Å². The number of nitrogens with zero attached hydrogens (tertiary/aromatic N) is 1. The van der Waals surface area contributed by atoms with Gasteiger partial charge in [0.15, 0.2) is 0 Å². The van der Waals surface area contributed by atoms with E-state index >= 15 is 0 Å². The number of nitrogens with one attached hydrogen (secondary N) is 4. The second-order valence-corrected chi connectivity index (χ2v) is 28.6. The molecule has 5 heterocycles. The molecule has 0 unspecified atom stereocenters. The van der Waals surface area contributed by atoms with Crippen molar-refractivity contribution >= 4 is 39.8 Å². The van der Waals surface area contributed by atoms with Crippen LogP contribution in [0.25, 0.3) is 22.4 Å². The number of hydrogen-bond donors (Lipinski definition) is 5. The van der Waals surface area contributed by atoms with Crippen molar-refractivity contribution in [3.05, 3.63) is 258 Å². The molecule has 0 radical (unpaired) electrons. The molecule has 5 aromatic carbocycles. The van der Waals surface area contributed by atoms with Crippen LogP contribution in [0, 0.1) is 11.8 Å². The Morgan fingerprint density at radius 2 is 0.809 bits per heavy atom. The zero-order chi connectivity index (χ0) is 62.7. The van der Waals surface area contributed by atoms with Crippen LogP contribution >= 0.6 is 0 Å². The molecular formula is C81H93N5O2Zn. The summed E-state index contributed by atoms with van der Waals surface area (Å²) in [4.78, 5) is 30.6. The van der Waals surface area contributed by atoms with Crippen LogP contribution in [0.4, 0.5) is 11.4 Å². The zero-order valence-corrected chi connectivity index (χ0v) is 58.6. The van der Waals surface area contributed by atoms with Gasteiger partial charge in [-0.25, -0.2) is 4.79 Å². The maximum absolute atomic E-state index is 11.9. The number of carboxylic acid groups (broad SMARTS) is 1. The molecule has 0 spiro atoms. The number of rotatable bonds is 16. The Kier molecular flexibility index (Phi) is 20.0. The summed E-state index contributed by atoms with van der Waals surface area (Å²) < 4.78 is 0. The molecule has 10 rings (SSSR count). The Labute approximate surface area is 542 Å². The Hall–Kier alpha value is -7.85. The number of aromatic carboxylic acids is 1. The first-order valence-corrected chi connectivity index (χ1v) is 32.3. The van der Waals surface area contributed by atoms with Crippen LogP contribution in [0.15, 0.2) is 158 Å². The van der Waals surface area contributed by atoms with Crippen molar-refractivity contribution in [2.45, 2.75) is 183 Å². The molecule has 0 saturated heterocycles. The average Bonchev–Trinajstić information content (AvgIpc) is 1.86. The molecule has 4 aromatic heterocycles. The molecular weight excluding hydrogens is 1140 g/mol. The van der Waals surface area contributed by atoms with Crippen molar-refractivity contribution in [1.82, 2.24) is 19.9 Å². The Morgan fingerprint density at radius 1 is 0.416 bits per heavy atom. The Balaban J connectivity index is 0.00000941. The molecule has 0 atom stereocenters. The molecule has 8 bridgehead atoms. The zero-order valence-electron chi connectivity index (χ0n) is 55.6. The molecule has 5 N–H and O–H groups in total. The quantitative estimate of drug-likeness (QED) is 0.0378. The molecule has 9 aromatic rings. The van der Waals surface area contributed by atoms with E-state index in [-0.39, 0.29) is 46.7 Å². The van der Waals surface area contributed by atoms with Gasteiger partial charge in [-0.15, -0.1) is 0 Å². The normalized spacial score (nSPS) is 15.3. The molecule has 456 valence electrons. The summed E-state index contributed by atoms with van der Waals surface area (Å²) in [5.41, 5.74) is 20.0. The van der Waals surface area contributed by atoms with Crippen LogP contribution in [0.1, 0.15) is 232 Å². The molecule has 0 fully saturated rings. The Morgan fingerprint density at radius 3 is 1.24 bits per heavy atom. The summed E-state index contributed by atoms with van der Waals surface area (Å²) in [6.07, 6.45) is 11.9. The minimum atomic E-state index is -0.973. The number of aromatic amines is 4. The molecule has 0 amide bonds. The van der Waals surface area contributed by atoms with Crippen LogP contribution in [0.2, 0.25) is 0 Å². The Bertz CT molecular complexity index is 4170. The van der Waals surface area contributed by atoms with Crippen LogP contribution in [0.3, 0.4) is 0 Å². The van der Waals surface area contributed by atoms with Gasteiger partial charge in [-0.05, 0) is 189 Å². The number of aromatic nitrogens is 4. The van der Waals surface area contributed by atoms with Crippen LogP contribution in [-0.4, -0.2) is 31.0 Å². The van der Waals surface area contributed by atoms with Crippen molar-refractivity contribution in [3.8, 4) is 11.8 Å². The van der Waals surface area contributed by atoms with Crippen LogP contribution in [-0.2, 0) is 54.0 Å². The van der Waals surface area contributed by atoms with E-state index in [4.69, 9.17) is 0 Å². The van der Waals surface area contributed by atoms with Gasteiger partial charge in [0.2, 0.25) is 0 Å². The monoisotopic (exact) mass is 1230 g/mol. The number of carboxylic acids is 1. The maximum Gasteiger partial charge on any atom is 0.335 e. The molecule has 1 aliphatic heterocycles. The second kappa shape index (κ2) is 27.1. The molecule has 0 saturated carbocycles. The molecule has 7 nitrogen and oxygen atoms in total. The van der Waals surface area contributed by atoms with E-state index in [1.165, 1.54) is 84.7 Å². The number of aryl methyl sites for hydroxylation is 2. The second-order valence-electron chi connectivity index (χ2n) is 28.6. The fourth-order valence-corrected chi connectivity index (χ4v) is 12.0. The van der Waals surface area contributed by atoms with E-state index in [1.807, 2.05) is 0 Å². The van der Waals surface area contributed by atoms with E-state index in [9.17, 15) is 9.90 Å². The summed E-state index contributed by atoms with van der Waals surface area (Å²) in [6, 6.07) is 57.5. The number of fused-ring (bicyclic) bond motifs is 8. The number of H-pyrrole nitrogens is 4. The smallest absolute Gasteiger partial charge is 0.335 e. The van der Waals surface area contributed by atoms with E-state index in [2.05, 4.69) is 267 Å². The predicted molar refractivity (Wildman–Crippen MR) is 369 cm³/mol. The summed E-state index contributed by atoms with van der Waals surface area (Å²) in [5, 5.41) is 13.5. The van der Waals surface area contributed by atoms with Gasteiger partial charge in [-0.3, -0.25) is 0 Å². The summed E-state index contributed by atoms with van der Waals surface area (Å²) in [7, 11) is 0. The minimum absolute atomic E-state index is 0. The maximum atomic E-state index is 11.9. The molecule has 8 heteroatoms. The minimum Gasteiger partial charge on any atom is -0.478 e. The third-order valence-corrected chi connectivity index (χ3v) is 17.5. The van der Waals surface area contributed by atoms with Crippen molar-refractivity contribution in [1.29, 1.82) is 0 Å². The third-order valence-electron chi connectivity index (χ3n) is 17.5. The summed E-state index contributed by atoms with van der Waals surface area (Å²) in [6.45, 7) is 32.1. The van der Waals surface area contributed by atoms with Gasteiger partial charge in [0, 0.05) is 69.6 Å².